The van der Waals surface area contributed by atoms with Gasteiger partial charge in [-0.25, -0.2) is 4.98 Å². The van der Waals surface area contributed by atoms with Crippen molar-refractivity contribution < 1.29 is 23.4 Å². The topological polar surface area (TPSA) is 82.8 Å². The Morgan fingerprint density at radius 1 is 0.941 bits per heavy atom. The summed E-state index contributed by atoms with van der Waals surface area (Å²) in [5, 5.41) is 2.95. The molecule has 0 atom stereocenters. The minimum atomic E-state index is -0.251. The third-order valence-electron chi connectivity index (χ3n) is 5.42. The summed E-state index contributed by atoms with van der Waals surface area (Å²) in [6, 6.07) is 18.8. The molecular formula is C27H26N2O5. The highest BCUT2D eigenvalue weighted by molar-refractivity contribution is 6.00. The van der Waals surface area contributed by atoms with E-state index in [1.54, 1.807) is 45.7 Å². The fourth-order valence-corrected chi connectivity index (χ4v) is 3.63. The zero-order valence-electron chi connectivity index (χ0n) is 19.5. The molecule has 0 saturated carbocycles. The molecule has 0 radical (unpaired) electrons. The fraction of sp³-hybridized carbons (Fsp3) is 0.185. The summed E-state index contributed by atoms with van der Waals surface area (Å²) in [5.41, 5.74) is 3.97. The van der Waals surface area contributed by atoms with Crippen LogP contribution in [0.5, 0.6) is 17.2 Å². The number of oxazole rings is 1. The number of hydrogen-bond donors (Lipinski definition) is 1. The van der Waals surface area contributed by atoms with Crippen molar-refractivity contribution in [2.45, 2.75) is 13.5 Å². The molecule has 0 fully saturated rings. The Morgan fingerprint density at radius 2 is 1.62 bits per heavy atom. The van der Waals surface area contributed by atoms with Gasteiger partial charge < -0.3 is 23.9 Å². The van der Waals surface area contributed by atoms with E-state index < -0.39 is 0 Å². The summed E-state index contributed by atoms with van der Waals surface area (Å²) in [5.74, 6) is 2.32. The van der Waals surface area contributed by atoms with Crippen LogP contribution >= 0.6 is 0 Å². The molecule has 0 aliphatic heterocycles. The van der Waals surface area contributed by atoms with Gasteiger partial charge >= 0.3 is 0 Å². The van der Waals surface area contributed by atoms with Gasteiger partial charge in [-0.1, -0.05) is 42.0 Å². The lowest BCUT2D eigenvalue weighted by Crippen LogP contribution is -2.23. The van der Waals surface area contributed by atoms with Crippen LogP contribution in [-0.4, -0.2) is 32.2 Å². The number of ether oxygens (including phenoxy) is 3. The van der Waals surface area contributed by atoms with Crippen LogP contribution < -0.4 is 19.5 Å². The summed E-state index contributed by atoms with van der Waals surface area (Å²) in [7, 11) is 4.65. The number of benzene rings is 3. The average Bonchev–Trinajstić information content (AvgIpc) is 3.37. The number of aryl methyl sites for hydroxylation is 1. The molecule has 0 aliphatic carbocycles. The zero-order chi connectivity index (χ0) is 24.1. The lowest BCUT2D eigenvalue weighted by atomic mass is 10.1. The number of carbonyl (C=O) groups excluding carboxylic acids is 1. The molecule has 0 unspecified atom stereocenters. The quantitative estimate of drug-likeness (QED) is 0.387. The van der Waals surface area contributed by atoms with Crippen molar-refractivity contribution in [3.8, 4) is 40.0 Å². The molecule has 0 bridgehead atoms. The van der Waals surface area contributed by atoms with E-state index >= 15 is 0 Å². The molecule has 1 heterocycles. The first-order valence-electron chi connectivity index (χ1n) is 10.7. The van der Waals surface area contributed by atoms with Crippen molar-refractivity contribution >= 4 is 5.91 Å². The second-order valence-electron chi connectivity index (χ2n) is 7.66. The Hall–Kier alpha value is -4.26. The normalized spacial score (nSPS) is 10.6. The fourth-order valence-electron chi connectivity index (χ4n) is 3.63. The summed E-state index contributed by atoms with van der Waals surface area (Å²) >= 11 is 0. The molecular weight excluding hydrogens is 432 g/mol. The maximum absolute atomic E-state index is 13.1. The maximum Gasteiger partial charge on any atom is 0.252 e. The second kappa shape index (κ2) is 10.1. The van der Waals surface area contributed by atoms with Gasteiger partial charge in [-0.2, -0.15) is 0 Å². The van der Waals surface area contributed by atoms with E-state index in [2.05, 4.69) is 10.3 Å². The smallest absolute Gasteiger partial charge is 0.252 e. The molecule has 4 rings (SSSR count). The molecule has 3 aromatic carbocycles. The number of aromatic nitrogens is 1. The van der Waals surface area contributed by atoms with Crippen molar-refractivity contribution in [1.29, 1.82) is 0 Å². The molecule has 7 heteroatoms. The average molecular weight is 459 g/mol. The molecule has 1 amide bonds. The van der Waals surface area contributed by atoms with Crippen molar-refractivity contribution in [2.24, 2.45) is 0 Å². The first kappa shape index (κ1) is 22.9. The second-order valence-corrected chi connectivity index (χ2v) is 7.66. The predicted molar refractivity (Wildman–Crippen MR) is 129 cm³/mol. The highest BCUT2D eigenvalue weighted by atomic mass is 16.5. The highest BCUT2D eigenvalue weighted by Gasteiger charge is 2.18. The van der Waals surface area contributed by atoms with E-state index in [1.807, 2.05) is 49.4 Å². The number of nitrogens with zero attached hydrogens (tertiary/aromatic N) is 1. The SMILES string of the molecule is COc1cc(CNC(=O)c2ccccc2-c2ncc(-c3ccc(C)cc3)o2)cc(OC)c1OC. The van der Waals surface area contributed by atoms with E-state index in [0.717, 1.165) is 16.7 Å². The molecule has 34 heavy (non-hydrogen) atoms. The Labute approximate surface area is 198 Å². The molecule has 1 N–H and O–H groups in total. The first-order valence-corrected chi connectivity index (χ1v) is 10.7. The van der Waals surface area contributed by atoms with Gasteiger partial charge in [-0.3, -0.25) is 4.79 Å². The van der Waals surface area contributed by atoms with Gasteiger partial charge in [0.25, 0.3) is 5.91 Å². The number of carbonyl (C=O) groups is 1. The van der Waals surface area contributed by atoms with Crippen LogP contribution in [-0.2, 0) is 6.54 Å². The van der Waals surface area contributed by atoms with Gasteiger partial charge in [0.1, 0.15) is 0 Å². The van der Waals surface area contributed by atoms with Gasteiger partial charge in [0.2, 0.25) is 11.6 Å². The first-order chi connectivity index (χ1) is 16.5. The molecule has 4 aromatic rings. The Morgan fingerprint density at radius 3 is 2.26 bits per heavy atom. The summed E-state index contributed by atoms with van der Waals surface area (Å²) in [4.78, 5) is 17.5. The van der Waals surface area contributed by atoms with Gasteiger partial charge in [-0.05, 0) is 36.8 Å². The highest BCUT2D eigenvalue weighted by Crippen LogP contribution is 2.38. The minimum absolute atomic E-state index is 0.251. The summed E-state index contributed by atoms with van der Waals surface area (Å²) in [6.07, 6.45) is 1.67. The molecule has 0 saturated heterocycles. The van der Waals surface area contributed by atoms with Crippen LogP contribution in [0.25, 0.3) is 22.8 Å². The molecule has 0 aliphatic rings. The molecule has 0 spiro atoms. The predicted octanol–water partition coefficient (Wildman–Crippen LogP) is 5.27. The van der Waals surface area contributed by atoms with Crippen molar-refractivity contribution in [2.75, 3.05) is 21.3 Å². The van der Waals surface area contributed by atoms with Gasteiger partial charge in [0.05, 0.1) is 33.1 Å². The van der Waals surface area contributed by atoms with Crippen LogP contribution in [0.3, 0.4) is 0 Å². The number of amides is 1. The lowest BCUT2D eigenvalue weighted by Gasteiger charge is -2.14. The Balaban J connectivity index is 1.56. The van der Waals surface area contributed by atoms with Gasteiger partial charge in [0.15, 0.2) is 17.3 Å². The van der Waals surface area contributed by atoms with Crippen molar-refractivity contribution in [3.05, 3.63) is 83.6 Å². The number of rotatable bonds is 8. The van der Waals surface area contributed by atoms with E-state index in [1.165, 1.54) is 0 Å². The van der Waals surface area contributed by atoms with Gasteiger partial charge in [0, 0.05) is 17.7 Å². The third-order valence-corrected chi connectivity index (χ3v) is 5.42. The van der Waals surface area contributed by atoms with E-state index in [-0.39, 0.29) is 12.5 Å². The number of methoxy groups -OCH3 is 3. The van der Waals surface area contributed by atoms with Crippen LogP contribution in [0.15, 0.2) is 71.3 Å². The standard InChI is InChI=1S/C27H26N2O5/c1-17-9-11-19(12-10-17)24-16-29-27(34-24)21-8-6-5-7-20(21)26(30)28-15-18-13-22(31-2)25(33-4)23(14-18)32-3/h5-14,16H,15H2,1-4H3,(H,28,30). The third kappa shape index (κ3) is 4.73. The van der Waals surface area contributed by atoms with E-state index in [0.29, 0.717) is 40.0 Å². The lowest BCUT2D eigenvalue weighted by molar-refractivity contribution is 0.0951. The minimum Gasteiger partial charge on any atom is -0.493 e. The summed E-state index contributed by atoms with van der Waals surface area (Å²) in [6.45, 7) is 2.30. The van der Waals surface area contributed by atoms with E-state index in [4.69, 9.17) is 18.6 Å². The molecule has 7 nitrogen and oxygen atoms in total. The monoisotopic (exact) mass is 458 g/mol. The number of nitrogens with one attached hydrogen (secondary N) is 1. The maximum atomic E-state index is 13.1. The van der Waals surface area contributed by atoms with Crippen LogP contribution in [0.1, 0.15) is 21.5 Å². The Bertz CT molecular complexity index is 1270. The summed E-state index contributed by atoms with van der Waals surface area (Å²) < 4.78 is 22.1. The number of hydrogen-bond acceptors (Lipinski definition) is 6. The molecule has 1 aromatic heterocycles. The van der Waals surface area contributed by atoms with Crippen molar-refractivity contribution in [1.82, 2.24) is 10.3 Å². The zero-order valence-corrected chi connectivity index (χ0v) is 19.5. The van der Waals surface area contributed by atoms with Crippen LogP contribution in [0.4, 0.5) is 0 Å². The molecule has 174 valence electrons. The van der Waals surface area contributed by atoms with E-state index in [9.17, 15) is 4.79 Å². The van der Waals surface area contributed by atoms with Crippen LogP contribution in [0, 0.1) is 6.92 Å². The Kier molecular flexibility index (Phi) is 6.82. The van der Waals surface area contributed by atoms with Crippen molar-refractivity contribution in [3.63, 3.8) is 0 Å². The van der Waals surface area contributed by atoms with Crippen LogP contribution in [0.2, 0.25) is 0 Å². The largest absolute Gasteiger partial charge is 0.493 e. The van der Waals surface area contributed by atoms with Gasteiger partial charge in [-0.15, -0.1) is 0 Å².